The Morgan fingerprint density at radius 3 is 2.11 bits per heavy atom. The van der Waals surface area contributed by atoms with E-state index in [1.165, 1.54) is 24.3 Å². The molecule has 10 nitrogen and oxygen atoms in total. The van der Waals surface area contributed by atoms with Gasteiger partial charge in [0, 0.05) is 16.8 Å². The number of hydrogen-bond acceptors (Lipinski definition) is 8. The molecule has 0 heterocycles. The van der Waals surface area contributed by atoms with Gasteiger partial charge in [-0.1, -0.05) is 6.07 Å². The van der Waals surface area contributed by atoms with E-state index in [4.69, 9.17) is 10.3 Å². The summed E-state index contributed by atoms with van der Waals surface area (Å²) in [5.41, 5.74) is 6.03. The van der Waals surface area contributed by atoms with Crippen LogP contribution in [0.1, 0.15) is 0 Å². The first-order valence-electron chi connectivity index (χ1n) is 7.49. The van der Waals surface area contributed by atoms with Crippen molar-refractivity contribution >= 4 is 48.1 Å². The average molecular weight is 423 g/mol. The number of aromatic hydroxyl groups is 1. The summed E-state index contributed by atoms with van der Waals surface area (Å²) in [5, 5.41) is 18.2. The third kappa shape index (κ3) is 3.94. The molecule has 28 heavy (non-hydrogen) atoms. The van der Waals surface area contributed by atoms with Gasteiger partial charge in [0.2, 0.25) is 0 Å². The van der Waals surface area contributed by atoms with E-state index in [9.17, 15) is 26.5 Å². The molecule has 146 valence electrons. The van der Waals surface area contributed by atoms with E-state index in [1.807, 2.05) is 0 Å². The van der Waals surface area contributed by atoms with Gasteiger partial charge in [-0.05, 0) is 36.4 Å². The van der Waals surface area contributed by atoms with Gasteiger partial charge in [0.15, 0.2) is 0 Å². The van der Waals surface area contributed by atoms with Crippen LogP contribution in [0.25, 0.3) is 10.8 Å². The third-order valence-electron chi connectivity index (χ3n) is 3.77. The summed E-state index contributed by atoms with van der Waals surface area (Å²) in [6.45, 7) is 0. The molecule has 0 unspecified atom stereocenters. The molecule has 0 atom stereocenters. The van der Waals surface area contributed by atoms with Crippen molar-refractivity contribution in [1.82, 2.24) is 0 Å². The zero-order valence-corrected chi connectivity index (χ0v) is 15.5. The van der Waals surface area contributed by atoms with Crippen molar-refractivity contribution in [2.24, 2.45) is 10.2 Å². The number of benzene rings is 3. The van der Waals surface area contributed by atoms with Gasteiger partial charge in [0.05, 0.1) is 21.2 Å². The smallest absolute Gasteiger partial charge is 0.294 e. The fourth-order valence-corrected chi connectivity index (χ4v) is 3.51. The Balaban J connectivity index is 2.19. The van der Waals surface area contributed by atoms with Crippen molar-refractivity contribution in [2.45, 2.75) is 9.79 Å². The lowest BCUT2D eigenvalue weighted by Gasteiger charge is -2.08. The SMILES string of the molecule is Nc1ccc2c(O)cc(S(=O)(=O)O)cc2c1N=Nc1cccc(S(=O)(=O)O)c1. The third-order valence-corrected chi connectivity index (χ3v) is 5.45. The van der Waals surface area contributed by atoms with Gasteiger partial charge in [-0.3, -0.25) is 9.11 Å². The van der Waals surface area contributed by atoms with Crippen LogP contribution in [0, 0.1) is 0 Å². The van der Waals surface area contributed by atoms with Gasteiger partial charge in [0.25, 0.3) is 20.2 Å². The molecule has 12 heteroatoms. The Labute approximate surface area is 159 Å². The Hall–Kier alpha value is -3.06. The van der Waals surface area contributed by atoms with E-state index < -0.39 is 30.9 Å². The summed E-state index contributed by atoms with van der Waals surface area (Å²) in [6, 6.07) is 9.79. The lowest BCUT2D eigenvalue weighted by Crippen LogP contribution is -1.98. The van der Waals surface area contributed by atoms with E-state index in [2.05, 4.69) is 10.2 Å². The minimum absolute atomic E-state index is 0.00411. The summed E-state index contributed by atoms with van der Waals surface area (Å²) in [4.78, 5) is -0.950. The summed E-state index contributed by atoms with van der Waals surface area (Å²) < 4.78 is 63.6. The normalized spacial score (nSPS) is 12.6. The highest BCUT2D eigenvalue weighted by atomic mass is 32.2. The number of rotatable bonds is 4. The first-order chi connectivity index (χ1) is 13.0. The molecule has 0 bridgehead atoms. The highest BCUT2D eigenvalue weighted by Crippen LogP contribution is 2.39. The first kappa shape index (κ1) is 19.7. The molecular formula is C16H13N3O7S2. The van der Waals surface area contributed by atoms with Crippen LogP contribution in [-0.2, 0) is 20.2 Å². The summed E-state index contributed by atoms with van der Waals surface area (Å²) >= 11 is 0. The number of nitrogen functional groups attached to an aromatic ring is 1. The largest absolute Gasteiger partial charge is 0.507 e. The van der Waals surface area contributed by atoms with E-state index in [-0.39, 0.29) is 32.7 Å². The van der Waals surface area contributed by atoms with Gasteiger partial charge in [-0.2, -0.15) is 21.9 Å². The van der Waals surface area contributed by atoms with Gasteiger partial charge in [0.1, 0.15) is 11.4 Å². The maximum atomic E-state index is 11.4. The number of azo groups is 1. The topological polar surface area (TPSA) is 180 Å². The molecule has 5 N–H and O–H groups in total. The van der Waals surface area contributed by atoms with Gasteiger partial charge in [-0.25, -0.2) is 0 Å². The first-order valence-corrected chi connectivity index (χ1v) is 10.4. The Morgan fingerprint density at radius 2 is 1.46 bits per heavy atom. The van der Waals surface area contributed by atoms with Crippen LogP contribution in [0.2, 0.25) is 0 Å². The van der Waals surface area contributed by atoms with Crippen molar-refractivity contribution in [1.29, 1.82) is 0 Å². The number of anilines is 1. The monoisotopic (exact) mass is 423 g/mol. The second-order valence-electron chi connectivity index (χ2n) is 5.69. The Morgan fingerprint density at radius 1 is 0.786 bits per heavy atom. The fraction of sp³-hybridized carbons (Fsp3) is 0. The standard InChI is InChI=1S/C16H13N3O7S2/c17-14-5-4-12-13(7-11(8-15(12)20)28(24,25)26)16(14)19-18-9-2-1-3-10(6-9)27(21,22)23/h1-8,20H,17H2,(H,21,22,23)(H,24,25,26). The second-order valence-corrected chi connectivity index (χ2v) is 8.53. The zero-order chi connectivity index (χ0) is 20.7. The van der Waals surface area contributed by atoms with Crippen LogP contribution in [0.5, 0.6) is 5.75 Å². The number of nitrogens with zero attached hydrogens (tertiary/aromatic N) is 2. The maximum absolute atomic E-state index is 11.4. The number of hydrogen-bond donors (Lipinski definition) is 4. The summed E-state index contributed by atoms with van der Waals surface area (Å²) in [5.74, 6) is -0.421. The lowest BCUT2D eigenvalue weighted by atomic mass is 10.1. The molecular weight excluding hydrogens is 410 g/mol. The summed E-state index contributed by atoms with van der Waals surface area (Å²) in [6.07, 6.45) is 0. The minimum Gasteiger partial charge on any atom is -0.507 e. The van der Waals surface area contributed by atoms with Crippen molar-refractivity contribution in [3.8, 4) is 5.75 Å². The van der Waals surface area contributed by atoms with Gasteiger partial charge in [-0.15, -0.1) is 5.11 Å². The van der Waals surface area contributed by atoms with Crippen LogP contribution < -0.4 is 5.73 Å². The molecule has 0 fully saturated rings. The molecule has 0 amide bonds. The van der Waals surface area contributed by atoms with Crippen LogP contribution in [-0.4, -0.2) is 31.0 Å². The average Bonchev–Trinajstić information content (AvgIpc) is 2.59. The summed E-state index contributed by atoms with van der Waals surface area (Å²) in [7, 11) is -9.04. The predicted octanol–water partition coefficient (Wildman–Crippen LogP) is 3.04. The molecule has 3 aromatic carbocycles. The van der Waals surface area contributed by atoms with E-state index in [0.29, 0.717) is 0 Å². The zero-order valence-electron chi connectivity index (χ0n) is 13.9. The molecule has 0 saturated carbocycles. The Bertz CT molecular complexity index is 1330. The molecule has 0 aliphatic carbocycles. The molecule has 0 aliphatic heterocycles. The van der Waals surface area contributed by atoms with Crippen LogP contribution in [0.3, 0.4) is 0 Å². The molecule has 3 aromatic rings. The molecule has 0 aliphatic rings. The van der Waals surface area contributed by atoms with E-state index in [0.717, 1.165) is 24.3 Å². The molecule has 0 radical (unpaired) electrons. The molecule has 0 spiro atoms. The quantitative estimate of drug-likeness (QED) is 0.281. The Kier molecular flexibility index (Phi) is 4.81. The van der Waals surface area contributed by atoms with Crippen molar-refractivity contribution in [3.63, 3.8) is 0 Å². The highest BCUT2D eigenvalue weighted by molar-refractivity contribution is 7.86. The predicted molar refractivity (Wildman–Crippen MR) is 100 cm³/mol. The van der Waals surface area contributed by atoms with Crippen molar-refractivity contribution in [3.05, 3.63) is 48.5 Å². The maximum Gasteiger partial charge on any atom is 0.294 e. The van der Waals surface area contributed by atoms with Crippen LogP contribution >= 0.6 is 0 Å². The number of fused-ring (bicyclic) bond motifs is 1. The molecule has 0 aromatic heterocycles. The molecule has 3 rings (SSSR count). The highest BCUT2D eigenvalue weighted by Gasteiger charge is 2.16. The minimum atomic E-state index is -4.60. The number of phenols is 1. The van der Waals surface area contributed by atoms with Gasteiger partial charge >= 0.3 is 0 Å². The van der Waals surface area contributed by atoms with Crippen molar-refractivity contribution < 1.29 is 31.0 Å². The second kappa shape index (κ2) is 6.83. The number of phenolic OH excluding ortho intramolecular Hbond substituents is 1. The number of nitrogens with two attached hydrogens (primary N) is 1. The van der Waals surface area contributed by atoms with Crippen LogP contribution in [0.4, 0.5) is 17.1 Å². The van der Waals surface area contributed by atoms with Crippen molar-refractivity contribution in [2.75, 3.05) is 5.73 Å². The lowest BCUT2D eigenvalue weighted by molar-refractivity contribution is 0.471. The fourth-order valence-electron chi connectivity index (χ4n) is 2.47. The molecule has 0 saturated heterocycles. The van der Waals surface area contributed by atoms with Crippen LogP contribution in [0.15, 0.2) is 68.6 Å². The van der Waals surface area contributed by atoms with E-state index >= 15 is 0 Å². The van der Waals surface area contributed by atoms with E-state index in [1.54, 1.807) is 0 Å². The van der Waals surface area contributed by atoms with Gasteiger partial charge < -0.3 is 10.8 Å².